The van der Waals surface area contributed by atoms with E-state index in [1.807, 2.05) is 19.1 Å². The van der Waals surface area contributed by atoms with Crippen LogP contribution in [0.3, 0.4) is 0 Å². The van der Waals surface area contributed by atoms with Crippen LogP contribution in [0.2, 0.25) is 0 Å². The van der Waals surface area contributed by atoms with Gasteiger partial charge >= 0.3 is 0 Å². The molecule has 0 radical (unpaired) electrons. The van der Waals surface area contributed by atoms with Gasteiger partial charge in [-0.15, -0.1) is 0 Å². The van der Waals surface area contributed by atoms with Crippen LogP contribution in [0, 0.1) is 0 Å². The van der Waals surface area contributed by atoms with Gasteiger partial charge in [0, 0.05) is 12.6 Å². The van der Waals surface area contributed by atoms with Crippen molar-refractivity contribution >= 4 is 17.6 Å². The standard InChI is InChI=1S/C15H18N2O3/c1-3-11-4-6-12(7-5-11)13(18)8-17-10-14(19)16(2)9-15(17)20/h4-7H,3,8-10H2,1-2H3. The van der Waals surface area contributed by atoms with Crippen LogP contribution in [-0.4, -0.2) is 54.1 Å². The summed E-state index contributed by atoms with van der Waals surface area (Å²) in [6.45, 7) is 2.03. The Kier molecular flexibility index (Phi) is 4.17. The highest BCUT2D eigenvalue weighted by molar-refractivity contribution is 6.01. The second kappa shape index (κ2) is 5.86. The molecule has 1 aromatic carbocycles. The van der Waals surface area contributed by atoms with Crippen molar-refractivity contribution in [1.29, 1.82) is 0 Å². The molecule has 0 saturated carbocycles. The van der Waals surface area contributed by atoms with Crippen molar-refractivity contribution in [2.45, 2.75) is 13.3 Å². The van der Waals surface area contributed by atoms with Gasteiger partial charge in [0.15, 0.2) is 5.78 Å². The Morgan fingerprint density at radius 2 is 1.75 bits per heavy atom. The molecule has 0 spiro atoms. The van der Waals surface area contributed by atoms with Crippen molar-refractivity contribution in [3.05, 3.63) is 35.4 Å². The number of carbonyl (C=O) groups excluding carboxylic acids is 3. The van der Waals surface area contributed by atoms with Crippen LogP contribution in [-0.2, 0) is 16.0 Å². The highest BCUT2D eigenvalue weighted by atomic mass is 16.2. The number of aryl methyl sites for hydroxylation is 1. The number of hydrogen-bond acceptors (Lipinski definition) is 3. The summed E-state index contributed by atoms with van der Waals surface area (Å²) in [6, 6.07) is 7.35. The first-order valence-electron chi connectivity index (χ1n) is 6.65. The molecule has 106 valence electrons. The maximum absolute atomic E-state index is 12.1. The molecular formula is C15H18N2O3. The lowest BCUT2D eigenvalue weighted by Crippen LogP contribution is -2.53. The maximum atomic E-state index is 12.1. The van der Waals surface area contributed by atoms with Crippen LogP contribution >= 0.6 is 0 Å². The number of piperazine rings is 1. The van der Waals surface area contributed by atoms with E-state index < -0.39 is 0 Å². The summed E-state index contributed by atoms with van der Waals surface area (Å²) in [5.74, 6) is -0.470. The van der Waals surface area contributed by atoms with Crippen LogP contribution < -0.4 is 0 Å². The monoisotopic (exact) mass is 274 g/mol. The number of likely N-dealkylation sites (N-methyl/N-ethyl adjacent to an activating group) is 1. The molecule has 0 bridgehead atoms. The van der Waals surface area contributed by atoms with Crippen LogP contribution in [0.25, 0.3) is 0 Å². The fraction of sp³-hybridized carbons (Fsp3) is 0.400. The minimum absolute atomic E-state index is 0.0197. The molecule has 1 heterocycles. The van der Waals surface area contributed by atoms with Crippen molar-refractivity contribution in [2.24, 2.45) is 0 Å². The predicted molar refractivity (Wildman–Crippen MR) is 74.4 cm³/mol. The second-order valence-corrected chi connectivity index (χ2v) is 4.97. The van der Waals surface area contributed by atoms with Gasteiger partial charge in [-0.1, -0.05) is 31.2 Å². The summed E-state index contributed by atoms with van der Waals surface area (Å²) in [4.78, 5) is 38.2. The number of benzene rings is 1. The first-order valence-corrected chi connectivity index (χ1v) is 6.65. The molecule has 1 aliphatic heterocycles. The predicted octanol–water partition coefficient (Wildman–Crippen LogP) is 0.732. The Bertz CT molecular complexity index is 537. The van der Waals surface area contributed by atoms with Gasteiger partial charge in [-0.2, -0.15) is 0 Å². The fourth-order valence-electron chi connectivity index (χ4n) is 2.10. The van der Waals surface area contributed by atoms with Gasteiger partial charge in [-0.25, -0.2) is 0 Å². The topological polar surface area (TPSA) is 57.7 Å². The number of carbonyl (C=O) groups is 3. The quantitative estimate of drug-likeness (QED) is 0.761. The molecule has 0 aliphatic carbocycles. The molecule has 1 saturated heterocycles. The van der Waals surface area contributed by atoms with Crippen molar-refractivity contribution in [3.63, 3.8) is 0 Å². The van der Waals surface area contributed by atoms with Gasteiger partial charge in [-0.3, -0.25) is 14.4 Å². The summed E-state index contributed by atoms with van der Waals surface area (Å²) >= 11 is 0. The smallest absolute Gasteiger partial charge is 0.243 e. The molecule has 1 aliphatic rings. The Balaban J connectivity index is 2.03. The number of ketones is 1. The largest absolute Gasteiger partial charge is 0.335 e. The lowest BCUT2D eigenvalue weighted by atomic mass is 10.1. The third-order valence-electron chi connectivity index (χ3n) is 3.50. The molecular weight excluding hydrogens is 256 g/mol. The molecule has 1 aromatic rings. The molecule has 20 heavy (non-hydrogen) atoms. The number of nitrogens with zero attached hydrogens (tertiary/aromatic N) is 2. The molecule has 0 unspecified atom stereocenters. The van der Waals surface area contributed by atoms with Crippen LogP contribution in [0.1, 0.15) is 22.8 Å². The fourth-order valence-corrected chi connectivity index (χ4v) is 2.10. The minimum Gasteiger partial charge on any atom is -0.335 e. The Hall–Kier alpha value is -2.17. The number of rotatable bonds is 4. The van der Waals surface area contributed by atoms with Crippen molar-refractivity contribution in [2.75, 3.05) is 26.7 Å². The third-order valence-corrected chi connectivity index (χ3v) is 3.50. The summed E-state index contributed by atoms with van der Waals surface area (Å²) in [7, 11) is 1.59. The Labute approximate surface area is 118 Å². The van der Waals surface area contributed by atoms with E-state index in [1.54, 1.807) is 19.2 Å². The zero-order valence-electron chi connectivity index (χ0n) is 11.8. The summed E-state index contributed by atoms with van der Waals surface area (Å²) in [6.07, 6.45) is 0.917. The van der Waals surface area contributed by atoms with E-state index >= 15 is 0 Å². The molecule has 1 fully saturated rings. The average Bonchev–Trinajstić information content (AvgIpc) is 2.44. The van der Waals surface area contributed by atoms with Crippen LogP contribution in [0.4, 0.5) is 0 Å². The van der Waals surface area contributed by atoms with Gasteiger partial charge in [0.05, 0.1) is 13.1 Å². The van der Waals surface area contributed by atoms with Gasteiger partial charge < -0.3 is 9.80 Å². The highest BCUT2D eigenvalue weighted by Gasteiger charge is 2.28. The molecule has 5 nitrogen and oxygen atoms in total. The summed E-state index contributed by atoms with van der Waals surface area (Å²) < 4.78 is 0. The van der Waals surface area contributed by atoms with E-state index in [0.29, 0.717) is 5.56 Å². The van der Waals surface area contributed by atoms with E-state index in [9.17, 15) is 14.4 Å². The Morgan fingerprint density at radius 3 is 2.35 bits per heavy atom. The molecule has 5 heteroatoms. The molecule has 2 rings (SSSR count). The van der Waals surface area contributed by atoms with E-state index in [2.05, 4.69) is 0 Å². The molecule has 0 atom stereocenters. The van der Waals surface area contributed by atoms with Crippen LogP contribution in [0.15, 0.2) is 24.3 Å². The number of hydrogen-bond donors (Lipinski definition) is 0. The molecule has 2 amide bonds. The molecule has 0 N–H and O–H groups in total. The zero-order valence-corrected chi connectivity index (χ0v) is 11.8. The van der Waals surface area contributed by atoms with Crippen molar-refractivity contribution in [3.8, 4) is 0 Å². The summed E-state index contributed by atoms with van der Waals surface area (Å²) in [5, 5.41) is 0. The van der Waals surface area contributed by atoms with Crippen molar-refractivity contribution in [1.82, 2.24) is 9.80 Å². The Morgan fingerprint density at radius 1 is 1.10 bits per heavy atom. The normalized spacial score (nSPS) is 15.7. The number of Topliss-reactive ketones (excluding diaryl/α,β-unsaturated/α-hetero) is 1. The van der Waals surface area contributed by atoms with E-state index in [-0.39, 0.29) is 37.2 Å². The average molecular weight is 274 g/mol. The SMILES string of the molecule is CCc1ccc(C(=O)CN2CC(=O)N(C)CC2=O)cc1. The minimum atomic E-state index is -0.189. The van der Waals surface area contributed by atoms with E-state index in [0.717, 1.165) is 12.0 Å². The lowest BCUT2D eigenvalue weighted by molar-refractivity contribution is -0.148. The van der Waals surface area contributed by atoms with Crippen molar-refractivity contribution < 1.29 is 14.4 Å². The third kappa shape index (κ3) is 3.04. The van der Waals surface area contributed by atoms with E-state index in [1.165, 1.54) is 9.80 Å². The first kappa shape index (κ1) is 14.2. The maximum Gasteiger partial charge on any atom is 0.243 e. The zero-order chi connectivity index (χ0) is 14.7. The van der Waals surface area contributed by atoms with E-state index in [4.69, 9.17) is 0 Å². The highest BCUT2D eigenvalue weighted by Crippen LogP contribution is 2.09. The number of amides is 2. The first-order chi connectivity index (χ1) is 9.51. The molecule has 0 aromatic heterocycles. The second-order valence-electron chi connectivity index (χ2n) is 4.97. The van der Waals surface area contributed by atoms with Gasteiger partial charge in [0.2, 0.25) is 11.8 Å². The van der Waals surface area contributed by atoms with Gasteiger partial charge in [0.25, 0.3) is 0 Å². The lowest BCUT2D eigenvalue weighted by Gasteiger charge is -2.31. The van der Waals surface area contributed by atoms with Gasteiger partial charge in [0.1, 0.15) is 6.54 Å². The summed E-state index contributed by atoms with van der Waals surface area (Å²) in [5.41, 5.74) is 1.73. The van der Waals surface area contributed by atoms with Crippen LogP contribution in [0.5, 0.6) is 0 Å². The van der Waals surface area contributed by atoms with Gasteiger partial charge in [-0.05, 0) is 12.0 Å².